The number of methoxy groups -OCH3 is 1. The number of carbonyl (C=O) groups excluding carboxylic acids is 1. The van der Waals surface area contributed by atoms with Crippen molar-refractivity contribution in [3.8, 4) is 5.75 Å². The van der Waals surface area contributed by atoms with E-state index in [9.17, 15) is 4.79 Å². The van der Waals surface area contributed by atoms with Crippen LogP contribution in [0.4, 0.5) is 0 Å². The zero-order chi connectivity index (χ0) is 14.7. The molecule has 1 heterocycles. The van der Waals surface area contributed by atoms with E-state index in [-0.39, 0.29) is 5.91 Å². The number of ether oxygens (including phenoxy) is 1. The maximum Gasteiger partial charge on any atom is 0.251 e. The molecular formula is C13H12Cl2N2O2S. The highest BCUT2D eigenvalue weighted by atomic mass is 35.5. The Hall–Kier alpha value is -1.30. The Morgan fingerprint density at radius 1 is 1.40 bits per heavy atom. The quantitative estimate of drug-likeness (QED) is 0.929. The summed E-state index contributed by atoms with van der Waals surface area (Å²) < 4.78 is 5.04. The fraction of sp³-hybridized carbons (Fsp3) is 0.231. The summed E-state index contributed by atoms with van der Waals surface area (Å²) in [6.07, 6.45) is 1.74. The summed E-state index contributed by atoms with van der Waals surface area (Å²) in [5.74, 6) is 0.116. The lowest BCUT2D eigenvalue weighted by Crippen LogP contribution is -2.22. The third-order valence-electron chi connectivity index (χ3n) is 2.56. The van der Waals surface area contributed by atoms with Crippen LogP contribution in [0.5, 0.6) is 5.75 Å². The van der Waals surface area contributed by atoms with Crippen LogP contribution in [0.2, 0.25) is 10.0 Å². The molecule has 0 atom stereocenters. The van der Waals surface area contributed by atoms with Gasteiger partial charge in [-0.3, -0.25) is 4.79 Å². The summed E-state index contributed by atoms with van der Waals surface area (Å²) in [7, 11) is 1.47. The van der Waals surface area contributed by atoms with E-state index < -0.39 is 0 Å². The maximum absolute atomic E-state index is 12.0. The van der Waals surface area contributed by atoms with E-state index in [2.05, 4.69) is 10.3 Å². The number of hydrogen-bond donors (Lipinski definition) is 1. The SMILES string of the molecule is COc1c(Cl)cc(C(=O)NCc2cnc(C)s2)cc1Cl. The van der Waals surface area contributed by atoms with Crippen LogP contribution < -0.4 is 10.1 Å². The summed E-state index contributed by atoms with van der Waals surface area (Å²) in [6, 6.07) is 3.05. The third kappa shape index (κ3) is 3.42. The number of carbonyl (C=O) groups is 1. The summed E-state index contributed by atoms with van der Waals surface area (Å²) in [5.41, 5.74) is 0.391. The van der Waals surface area contributed by atoms with Gasteiger partial charge in [0.25, 0.3) is 5.91 Å². The standard InChI is InChI=1S/C13H12Cl2N2O2S/c1-7-16-5-9(20-7)6-17-13(18)8-3-10(14)12(19-2)11(15)4-8/h3-5H,6H2,1-2H3,(H,17,18). The molecule has 4 nitrogen and oxygen atoms in total. The van der Waals surface area contributed by atoms with Crippen LogP contribution in [-0.4, -0.2) is 18.0 Å². The van der Waals surface area contributed by atoms with Crippen molar-refractivity contribution in [3.63, 3.8) is 0 Å². The number of amides is 1. The van der Waals surface area contributed by atoms with Crippen molar-refractivity contribution in [2.24, 2.45) is 0 Å². The number of aromatic nitrogens is 1. The highest BCUT2D eigenvalue weighted by molar-refractivity contribution is 7.11. The topological polar surface area (TPSA) is 51.2 Å². The van der Waals surface area contributed by atoms with Gasteiger partial charge in [0.2, 0.25) is 0 Å². The van der Waals surface area contributed by atoms with E-state index in [1.54, 1.807) is 6.20 Å². The molecule has 106 valence electrons. The van der Waals surface area contributed by atoms with Crippen LogP contribution in [0.15, 0.2) is 18.3 Å². The molecule has 0 aliphatic carbocycles. The minimum Gasteiger partial charge on any atom is -0.494 e. The van der Waals surface area contributed by atoms with Gasteiger partial charge < -0.3 is 10.1 Å². The Bertz CT molecular complexity index is 620. The molecule has 1 amide bonds. The molecule has 2 aromatic rings. The van der Waals surface area contributed by atoms with Crippen LogP contribution in [0.3, 0.4) is 0 Å². The molecule has 0 aliphatic heterocycles. The van der Waals surface area contributed by atoms with Gasteiger partial charge in [0.15, 0.2) is 5.75 Å². The molecule has 0 saturated heterocycles. The van der Waals surface area contributed by atoms with Gasteiger partial charge in [0, 0.05) is 16.6 Å². The second-order valence-electron chi connectivity index (χ2n) is 4.00. The minimum absolute atomic E-state index is 0.248. The molecule has 7 heteroatoms. The van der Waals surface area contributed by atoms with E-state index >= 15 is 0 Å². The van der Waals surface area contributed by atoms with E-state index in [0.29, 0.717) is 27.9 Å². The Balaban J connectivity index is 2.09. The highest BCUT2D eigenvalue weighted by Gasteiger charge is 2.13. The number of nitrogens with one attached hydrogen (secondary N) is 1. The summed E-state index contributed by atoms with van der Waals surface area (Å²) >= 11 is 13.5. The lowest BCUT2D eigenvalue weighted by molar-refractivity contribution is 0.0951. The normalized spacial score (nSPS) is 10.4. The van der Waals surface area contributed by atoms with Crippen molar-refractivity contribution in [2.45, 2.75) is 13.5 Å². The lowest BCUT2D eigenvalue weighted by Gasteiger charge is -2.09. The van der Waals surface area contributed by atoms with Crippen molar-refractivity contribution in [1.29, 1.82) is 0 Å². The number of benzene rings is 1. The Morgan fingerprint density at radius 3 is 2.55 bits per heavy atom. The fourth-order valence-corrected chi connectivity index (χ4v) is 3.02. The molecule has 0 unspecified atom stereocenters. The number of rotatable bonds is 4. The Morgan fingerprint density at radius 2 is 2.05 bits per heavy atom. The van der Waals surface area contributed by atoms with Crippen molar-refractivity contribution < 1.29 is 9.53 Å². The van der Waals surface area contributed by atoms with Gasteiger partial charge >= 0.3 is 0 Å². The molecule has 0 fully saturated rings. The van der Waals surface area contributed by atoms with Crippen LogP contribution >= 0.6 is 34.5 Å². The molecular weight excluding hydrogens is 319 g/mol. The second kappa shape index (κ2) is 6.43. The highest BCUT2D eigenvalue weighted by Crippen LogP contribution is 2.33. The smallest absolute Gasteiger partial charge is 0.251 e. The van der Waals surface area contributed by atoms with E-state index in [1.165, 1.54) is 30.6 Å². The fourth-order valence-electron chi connectivity index (χ4n) is 1.64. The zero-order valence-corrected chi connectivity index (χ0v) is 13.2. The monoisotopic (exact) mass is 330 g/mol. The van der Waals surface area contributed by atoms with Crippen molar-refractivity contribution in [3.05, 3.63) is 43.8 Å². The van der Waals surface area contributed by atoms with Gasteiger partial charge in [-0.25, -0.2) is 4.98 Å². The molecule has 0 bridgehead atoms. The van der Waals surface area contributed by atoms with Gasteiger partial charge in [-0.2, -0.15) is 0 Å². The molecule has 0 radical (unpaired) electrons. The molecule has 0 aliphatic rings. The number of halogens is 2. The van der Waals surface area contributed by atoms with Gasteiger partial charge in [-0.1, -0.05) is 23.2 Å². The van der Waals surface area contributed by atoms with Crippen LogP contribution in [-0.2, 0) is 6.54 Å². The molecule has 1 aromatic carbocycles. The Labute approximate surface area is 130 Å². The lowest BCUT2D eigenvalue weighted by atomic mass is 10.2. The molecule has 0 saturated carbocycles. The minimum atomic E-state index is -0.248. The van der Waals surface area contributed by atoms with Gasteiger partial charge in [-0.15, -0.1) is 11.3 Å². The van der Waals surface area contributed by atoms with Gasteiger partial charge in [0.05, 0.1) is 28.7 Å². The summed E-state index contributed by atoms with van der Waals surface area (Å²) in [4.78, 5) is 17.2. The first kappa shape index (κ1) is 15.1. The van der Waals surface area contributed by atoms with E-state index in [4.69, 9.17) is 27.9 Å². The first-order chi connectivity index (χ1) is 9.51. The first-order valence-electron chi connectivity index (χ1n) is 5.73. The molecule has 1 aromatic heterocycles. The summed E-state index contributed by atoms with van der Waals surface area (Å²) in [6.45, 7) is 2.34. The van der Waals surface area contributed by atoms with Crippen LogP contribution in [0.1, 0.15) is 20.2 Å². The van der Waals surface area contributed by atoms with Gasteiger partial charge in [0.1, 0.15) is 0 Å². The average molecular weight is 331 g/mol. The number of hydrogen-bond acceptors (Lipinski definition) is 4. The van der Waals surface area contributed by atoms with Crippen molar-refractivity contribution >= 4 is 40.4 Å². The zero-order valence-electron chi connectivity index (χ0n) is 10.9. The predicted molar refractivity (Wildman–Crippen MR) is 81.0 cm³/mol. The van der Waals surface area contributed by atoms with Crippen LogP contribution in [0, 0.1) is 6.92 Å². The number of aryl methyl sites for hydroxylation is 1. The molecule has 20 heavy (non-hydrogen) atoms. The predicted octanol–water partition coefficient (Wildman–Crippen LogP) is 3.70. The van der Waals surface area contributed by atoms with E-state index in [0.717, 1.165) is 9.88 Å². The number of thiazole rings is 1. The Kier molecular flexibility index (Phi) is 4.86. The largest absolute Gasteiger partial charge is 0.494 e. The van der Waals surface area contributed by atoms with Crippen molar-refractivity contribution in [1.82, 2.24) is 10.3 Å². The molecule has 1 N–H and O–H groups in total. The molecule has 0 spiro atoms. The summed E-state index contributed by atoms with van der Waals surface area (Å²) in [5, 5.41) is 4.37. The number of nitrogens with zero attached hydrogens (tertiary/aromatic N) is 1. The molecule has 2 rings (SSSR count). The second-order valence-corrected chi connectivity index (χ2v) is 6.14. The average Bonchev–Trinajstić information content (AvgIpc) is 2.81. The first-order valence-corrected chi connectivity index (χ1v) is 7.31. The third-order valence-corrected chi connectivity index (χ3v) is 4.03. The van der Waals surface area contributed by atoms with Crippen LogP contribution in [0.25, 0.3) is 0 Å². The van der Waals surface area contributed by atoms with Gasteiger partial charge in [-0.05, 0) is 19.1 Å². The van der Waals surface area contributed by atoms with Crippen molar-refractivity contribution in [2.75, 3.05) is 7.11 Å². The maximum atomic E-state index is 12.0. The van der Waals surface area contributed by atoms with E-state index in [1.807, 2.05) is 6.92 Å².